The Labute approximate surface area is 162 Å². The Morgan fingerprint density at radius 2 is 1.61 bits per heavy atom. The zero-order chi connectivity index (χ0) is 18.7. The molecule has 0 aliphatic heterocycles. The van der Waals surface area contributed by atoms with Crippen LogP contribution in [0, 0.1) is 0 Å². The zero-order valence-corrected chi connectivity index (χ0v) is 15.4. The maximum absolute atomic E-state index is 6.09. The third-order valence-electron chi connectivity index (χ3n) is 5.76. The number of fused-ring (bicyclic) bond motifs is 6. The summed E-state index contributed by atoms with van der Waals surface area (Å²) in [6.07, 6.45) is 6.44. The van der Waals surface area contributed by atoms with Crippen LogP contribution in [0.25, 0.3) is 50.1 Å². The number of hydrogen-bond acceptors (Lipinski definition) is 3. The molecule has 5 aromatic rings. The fraction of sp³-hybridized carbons (Fsp3) is 0.120. The van der Waals surface area contributed by atoms with E-state index in [9.17, 15) is 0 Å². The Kier molecular flexibility index (Phi) is 3.28. The van der Waals surface area contributed by atoms with Gasteiger partial charge in [-0.2, -0.15) is 0 Å². The average molecular weight is 365 g/mol. The van der Waals surface area contributed by atoms with Gasteiger partial charge in [0.05, 0.1) is 0 Å². The molecule has 136 valence electrons. The normalized spacial score (nSPS) is 13.6. The molecule has 0 spiro atoms. The maximum atomic E-state index is 6.09. The highest BCUT2D eigenvalue weighted by Crippen LogP contribution is 2.37. The summed E-state index contributed by atoms with van der Waals surface area (Å²) in [6.45, 7) is 0.472. The molecule has 3 aromatic carbocycles. The van der Waals surface area contributed by atoms with Gasteiger partial charge in [0.2, 0.25) is 0 Å². The van der Waals surface area contributed by atoms with Crippen LogP contribution < -0.4 is 5.73 Å². The second kappa shape index (κ2) is 5.85. The molecule has 0 unspecified atom stereocenters. The predicted octanol–water partition coefficient (Wildman–Crippen LogP) is 6.42. The summed E-state index contributed by atoms with van der Waals surface area (Å²) in [7, 11) is 0. The molecule has 0 bridgehead atoms. The highest BCUT2D eigenvalue weighted by Gasteiger charge is 2.16. The first-order chi connectivity index (χ1) is 13.8. The number of allylic oxidation sites excluding steroid dienone is 1. The molecule has 0 amide bonds. The van der Waals surface area contributed by atoms with Gasteiger partial charge in [-0.1, -0.05) is 42.5 Å². The van der Waals surface area contributed by atoms with Gasteiger partial charge in [0.1, 0.15) is 22.5 Å². The number of para-hydroxylation sites is 1. The van der Waals surface area contributed by atoms with Crippen molar-refractivity contribution in [2.75, 3.05) is 0 Å². The van der Waals surface area contributed by atoms with Gasteiger partial charge in [-0.25, -0.2) is 0 Å². The molecular weight excluding hydrogens is 346 g/mol. The maximum Gasteiger partial charge on any atom is 0.139 e. The van der Waals surface area contributed by atoms with Crippen LogP contribution in [-0.2, 0) is 13.0 Å². The lowest BCUT2D eigenvalue weighted by molar-refractivity contribution is 0.546. The molecule has 2 heterocycles. The molecule has 6 rings (SSSR count). The van der Waals surface area contributed by atoms with E-state index in [1.54, 1.807) is 0 Å². The van der Waals surface area contributed by atoms with Crippen LogP contribution in [0.3, 0.4) is 0 Å². The zero-order valence-electron chi connectivity index (χ0n) is 15.4. The number of aryl methyl sites for hydroxylation is 1. The molecule has 0 saturated heterocycles. The van der Waals surface area contributed by atoms with E-state index >= 15 is 0 Å². The lowest BCUT2D eigenvalue weighted by atomic mass is 9.98. The second-order valence-corrected chi connectivity index (χ2v) is 7.40. The summed E-state index contributed by atoms with van der Waals surface area (Å²) in [5.41, 5.74) is 13.2. The molecule has 0 radical (unpaired) electrons. The van der Waals surface area contributed by atoms with Gasteiger partial charge in [0.25, 0.3) is 0 Å². The molecule has 1 aliphatic carbocycles. The predicted molar refractivity (Wildman–Crippen MR) is 114 cm³/mol. The summed E-state index contributed by atoms with van der Waals surface area (Å²) < 4.78 is 12.1. The Bertz CT molecular complexity index is 1400. The van der Waals surface area contributed by atoms with E-state index < -0.39 is 0 Å². The SMILES string of the molecule is NCc1cccc2c1oc1ccc(-c3ccc4oc5c(c4c3)C=CCC5)cc12. The molecule has 0 saturated carbocycles. The van der Waals surface area contributed by atoms with Crippen molar-refractivity contribution in [2.45, 2.75) is 19.4 Å². The minimum atomic E-state index is 0.472. The number of nitrogens with two attached hydrogens (primary N) is 1. The average Bonchev–Trinajstić information content (AvgIpc) is 3.30. The summed E-state index contributed by atoms with van der Waals surface area (Å²) in [6, 6.07) is 19.0. The van der Waals surface area contributed by atoms with Crippen LogP contribution >= 0.6 is 0 Å². The number of hydrogen-bond donors (Lipinski definition) is 1. The van der Waals surface area contributed by atoms with Gasteiger partial charge in [-0.15, -0.1) is 0 Å². The molecule has 2 aromatic heterocycles. The molecule has 1 aliphatic rings. The van der Waals surface area contributed by atoms with Crippen molar-refractivity contribution in [3.63, 3.8) is 0 Å². The number of furan rings is 2. The lowest BCUT2D eigenvalue weighted by Gasteiger charge is -2.04. The van der Waals surface area contributed by atoms with Gasteiger partial charge >= 0.3 is 0 Å². The van der Waals surface area contributed by atoms with Gasteiger partial charge in [0, 0.05) is 40.3 Å². The molecule has 28 heavy (non-hydrogen) atoms. The van der Waals surface area contributed by atoms with E-state index in [1.165, 1.54) is 22.1 Å². The van der Waals surface area contributed by atoms with Gasteiger partial charge < -0.3 is 14.6 Å². The quantitative estimate of drug-likeness (QED) is 0.393. The first kappa shape index (κ1) is 15.7. The highest BCUT2D eigenvalue weighted by atomic mass is 16.3. The van der Waals surface area contributed by atoms with Crippen molar-refractivity contribution < 1.29 is 8.83 Å². The van der Waals surface area contributed by atoms with Crippen LogP contribution in [0.15, 0.2) is 69.5 Å². The molecule has 3 nitrogen and oxygen atoms in total. The Hall–Kier alpha value is -3.30. The third-order valence-corrected chi connectivity index (χ3v) is 5.76. The second-order valence-electron chi connectivity index (χ2n) is 7.40. The van der Waals surface area contributed by atoms with E-state index in [0.717, 1.165) is 51.7 Å². The Balaban J connectivity index is 1.56. The van der Waals surface area contributed by atoms with E-state index in [-0.39, 0.29) is 0 Å². The van der Waals surface area contributed by atoms with Gasteiger partial charge in [-0.3, -0.25) is 0 Å². The fourth-order valence-corrected chi connectivity index (χ4v) is 4.33. The van der Waals surface area contributed by atoms with Crippen molar-refractivity contribution in [3.05, 3.63) is 77.6 Å². The van der Waals surface area contributed by atoms with Gasteiger partial charge in [0.15, 0.2) is 0 Å². The summed E-state index contributed by atoms with van der Waals surface area (Å²) in [5.74, 6) is 1.10. The Morgan fingerprint density at radius 1 is 0.821 bits per heavy atom. The third kappa shape index (κ3) is 2.20. The smallest absolute Gasteiger partial charge is 0.139 e. The molecule has 0 atom stereocenters. The van der Waals surface area contributed by atoms with Crippen LogP contribution in [0.2, 0.25) is 0 Å². The highest BCUT2D eigenvalue weighted by molar-refractivity contribution is 6.07. The lowest BCUT2D eigenvalue weighted by Crippen LogP contribution is -1.95. The first-order valence-corrected chi connectivity index (χ1v) is 9.68. The van der Waals surface area contributed by atoms with E-state index in [4.69, 9.17) is 14.6 Å². The van der Waals surface area contributed by atoms with Crippen molar-refractivity contribution in [1.82, 2.24) is 0 Å². The number of rotatable bonds is 2. The minimum absolute atomic E-state index is 0.472. The Morgan fingerprint density at radius 3 is 2.43 bits per heavy atom. The van der Waals surface area contributed by atoms with Crippen molar-refractivity contribution in [3.8, 4) is 11.1 Å². The number of benzene rings is 3. The fourth-order valence-electron chi connectivity index (χ4n) is 4.33. The van der Waals surface area contributed by atoms with E-state index in [1.807, 2.05) is 12.1 Å². The minimum Gasteiger partial charge on any atom is -0.460 e. The van der Waals surface area contributed by atoms with Crippen LogP contribution in [0.1, 0.15) is 23.3 Å². The summed E-state index contributed by atoms with van der Waals surface area (Å²) >= 11 is 0. The first-order valence-electron chi connectivity index (χ1n) is 9.68. The van der Waals surface area contributed by atoms with Crippen LogP contribution in [0.4, 0.5) is 0 Å². The van der Waals surface area contributed by atoms with Crippen molar-refractivity contribution in [2.24, 2.45) is 5.73 Å². The molecule has 0 fully saturated rings. The monoisotopic (exact) mass is 365 g/mol. The van der Waals surface area contributed by atoms with E-state index in [0.29, 0.717) is 6.54 Å². The van der Waals surface area contributed by atoms with Crippen LogP contribution in [-0.4, -0.2) is 0 Å². The molecule has 3 heteroatoms. The molecule has 2 N–H and O–H groups in total. The summed E-state index contributed by atoms with van der Waals surface area (Å²) in [4.78, 5) is 0. The van der Waals surface area contributed by atoms with Gasteiger partial charge in [-0.05, 0) is 41.8 Å². The standard InChI is InChI=1S/C25H19NO2/c26-14-17-4-3-6-19-21-13-16(9-11-24(21)28-25(17)19)15-8-10-23-20(12-15)18-5-1-2-7-22(18)27-23/h1,3-6,8-13H,2,7,14,26H2. The molecular formula is C25H19NO2. The summed E-state index contributed by atoms with van der Waals surface area (Å²) in [5, 5.41) is 3.42. The topological polar surface area (TPSA) is 52.3 Å². The van der Waals surface area contributed by atoms with Crippen molar-refractivity contribution in [1.29, 1.82) is 0 Å². The largest absolute Gasteiger partial charge is 0.460 e. The van der Waals surface area contributed by atoms with Crippen LogP contribution in [0.5, 0.6) is 0 Å². The van der Waals surface area contributed by atoms with Crippen molar-refractivity contribution >= 4 is 39.0 Å². The van der Waals surface area contributed by atoms with E-state index in [2.05, 4.69) is 54.6 Å².